The largest absolute Gasteiger partial charge is 0.465 e. The van der Waals surface area contributed by atoms with E-state index in [9.17, 15) is 9.59 Å². The van der Waals surface area contributed by atoms with Crippen LogP contribution in [0.2, 0.25) is 0 Å². The van der Waals surface area contributed by atoms with E-state index in [1.807, 2.05) is 0 Å². The van der Waals surface area contributed by atoms with Gasteiger partial charge in [-0.15, -0.1) is 0 Å². The summed E-state index contributed by atoms with van der Waals surface area (Å²) in [5.74, 6) is -0.00734. The minimum Gasteiger partial charge on any atom is -0.465 e. The molecular formula is C11H18N2O5. The summed E-state index contributed by atoms with van der Waals surface area (Å²) in [6, 6.07) is -0.212. The topological polar surface area (TPSA) is 88.1 Å². The number of morpholine rings is 1. The Hall–Kier alpha value is -1.34. The van der Waals surface area contributed by atoms with Crippen LogP contribution in [0.15, 0.2) is 0 Å². The third-order valence-corrected chi connectivity index (χ3v) is 3.20. The lowest BCUT2D eigenvalue weighted by atomic mass is 10.0. The number of carbonyl (C=O) groups excluding carboxylic acids is 1. The molecule has 2 N–H and O–H groups in total. The zero-order valence-corrected chi connectivity index (χ0v) is 10.1. The van der Waals surface area contributed by atoms with Crippen molar-refractivity contribution >= 4 is 12.0 Å². The minimum absolute atomic E-state index is 0.00734. The Kier molecular flexibility index (Phi) is 4.38. The highest BCUT2D eigenvalue weighted by molar-refractivity contribution is 5.81. The standard InChI is InChI=1S/C11H18N2O5/c14-10(13-3-5-17-6-4-13)9-2-1-8(7-18-9)12-11(15)16/h8-9,12H,1-7H2,(H,15,16)/t8-,9+/m1/s1. The Morgan fingerprint density at radius 3 is 2.50 bits per heavy atom. The van der Waals surface area contributed by atoms with Crippen molar-refractivity contribution < 1.29 is 24.2 Å². The second kappa shape index (κ2) is 6.01. The number of ether oxygens (including phenoxy) is 2. The average Bonchev–Trinajstić information content (AvgIpc) is 2.39. The molecule has 0 spiro atoms. The second-order valence-electron chi connectivity index (χ2n) is 4.48. The van der Waals surface area contributed by atoms with Crippen LogP contribution >= 0.6 is 0 Å². The Labute approximate surface area is 105 Å². The zero-order valence-electron chi connectivity index (χ0n) is 10.1. The van der Waals surface area contributed by atoms with Gasteiger partial charge in [-0.3, -0.25) is 4.79 Å². The molecule has 0 aromatic rings. The first-order chi connectivity index (χ1) is 8.66. The third kappa shape index (κ3) is 3.33. The van der Waals surface area contributed by atoms with Gasteiger partial charge in [0.15, 0.2) is 0 Å². The molecule has 7 nitrogen and oxygen atoms in total. The first kappa shape index (κ1) is 13.1. The van der Waals surface area contributed by atoms with Crippen LogP contribution in [0.1, 0.15) is 12.8 Å². The molecule has 2 rings (SSSR count). The molecule has 2 amide bonds. The Morgan fingerprint density at radius 1 is 1.22 bits per heavy atom. The summed E-state index contributed by atoms with van der Waals surface area (Å²) in [6.07, 6.45) is -0.301. The van der Waals surface area contributed by atoms with Crippen LogP contribution in [0.4, 0.5) is 4.79 Å². The van der Waals surface area contributed by atoms with Gasteiger partial charge in [-0.25, -0.2) is 4.79 Å². The number of hydrogen-bond donors (Lipinski definition) is 2. The maximum Gasteiger partial charge on any atom is 0.404 e. The van der Waals surface area contributed by atoms with Crippen LogP contribution in [-0.2, 0) is 14.3 Å². The fraction of sp³-hybridized carbons (Fsp3) is 0.818. The van der Waals surface area contributed by atoms with E-state index in [0.29, 0.717) is 39.1 Å². The van der Waals surface area contributed by atoms with Crippen LogP contribution in [0.3, 0.4) is 0 Å². The van der Waals surface area contributed by atoms with Gasteiger partial charge < -0.3 is 24.8 Å². The second-order valence-corrected chi connectivity index (χ2v) is 4.48. The maximum atomic E-state index is 12.1. The lowest BCUT2D eigenvalue weighted by molar-refractivity contribution is -0.151. The Morgan fingerprint density at radius 2 is 1.94 bits per heavy atom. The molecule has 2 atom stereocenters. The summed E-state index contributed by atoms with van der Waals surface area (Å²) in [7, 11) is 0. The number of carbonyl (C=O) groups is 2. The average molecular weight is 258 g/mol. The predicted octanol–water partition coefficient (Wildman–Crippen LogP) is -0.340. The number of carboxylic acid groups (broad SMARTS) is 1. The molecule has 2 aliphatic rings. The van der Waals surface area contributed by atoms with Crippen molar-refractivity contribution in [1.29, 1.82) is 0 Å². The van der Waals surface area contributed by atoms with Crippen LogP contribution < -0.4 is 5.32 Å². The van der Waals surface area contributed by atoms with Gasteiger partial charge in [-0.2, -0.15) is 0 Å². The molecule has 2 aliphatic heterocycles. The van der Waals surface area contributed by atoms with E-state index in [-0.39, 0.29) is 18.6 Å². The van der Waals surface area contributed by atoms with E-state index in [0.717, 1.165) is 0 Å². The van der Waals surface area contributed by atoms with E-state index in [1.165, 1.54) is 0 Å². The van der Waals surface area contributed by atoms with Crippen molar-refractivity contribution in [1.82, 2.24) is 10.2 Å². The predicted molar refractivity (Wildman–Crippen MR) is 61.3 cm³/mol. The fourth-order valence-electron chi connectivity index (χ4n) is 2.22. The maximum absolute atomic E-state index is 12.1. The summed E-state index contributed by atoms with van der Waals surface area (Å²) < 4.78 is 10.6. The van der Waals surface area contributed by atoms with E-state index < -0.39 is 12.2 Å². The minimum atomic E-state index is -1.05. The number of nitrogens with zero attached hydrogens (tertiary/aromatic N) is 1. The molecule has 0 aromatic carbocycles. The molecule has 0 unspecified atom stereocenters. The van der Waals surface area contributed by atoms with Gasteiger partial charge in [0.1, 0.15) is 6.10 Å². The van der Waals surface area contributed by atoms with Crippen LogP contribution in [0.25, 0.3) is 0 Å². The van der Waals surface area contributed by atoms with Crippen LogP contribution in [0.5, 0.6) is 0 Å². The summed E-state index contributed by atoms with van der Waals surface area (Å²) in [4.78, 5) is 24.3. The fourth-order valence-corrected chi connectivity index (χ4v) is 2.22. The number of nitrogens with one attached hydrogen (secondary N) is 1. The normalized spacial score (nSPS) is 28.8. The third-order valence-electron chi connectivity index (χ3n) is 3.20. The SMILES string of the molecule is O=C(O)N[C@@H]1CC[C@@H](C(=O)N2CCOCC2)OC1. The molecule has 2 heterocycles. The number of hydrogen-bond acceptors (Lipinski definition) is 4. The molecule has 2 saturated heterocycles. The molecule has 7 heteroatoms. The molecule has 0 aliphatic carbocycles. The quantitative estimate of drug-likeness (QED) is 0.707. The first-order valence-corrected chi connectivity index (χ1v) is 6.14. The van der Waals surface area contributed by atoms with Crippen molar-refractivity contribution in [2.24, 2.45) is 0 Å². The van der Waals surface area contributed by atoms with Gasteiger partial charge in [0.05, 0.1) is 25.9 Å². The molecule has 0 aromatic heterocycles. The number of rotatable bonds is 2. The van der Waals surface area contributed by atoms with Crippen molar-refractivity contribution in [3.63, 3.8) is 0 Å². The molecular weight excluding hydrogens is 240 g/mol. The Bertz CT molecular complexity index is 309. The summed E-state index contributed by atoms with van der Waals surface area (Å²) >= 11 is 0. The van der Waals surface area contributed by atoms with Crippen molar-refractivity contribution in [2.45, 2.75) is 25.0 Å². The van der Waals surface area contributed by atoms with Crippen molar-refractivity contribution in [2.75, 3.05) is 32.9 Å². The smallest absolute Gasteiger partial charge is 0.404 e. The van der Waals surface area contributed by atoms with Gasteiger partial charge in [-0.1, -0.05) is 0 Å². The van der Waals surface area contributed by atoms with Gasteiger partial charge in [-0.05, 0) is 12.8 Å². The van der Waals surface area contributed by atoms with Gasteiger partial charge in [0, 0.05) is 13.1 Å². The zero-order chi connectivity index (χ0) is 13.0. The highest BCUT2D eigenvalue weighted by Gasteiger charge is 2.31. The molecule has 0 saturated carbocycles. The van der Waals surface area contributed by atoms with Crippen LogP contribution in [-0.4, -0.2) is 67.1 Å². The summed E-state index contributed by atoms with van der Waals surface area (Å²) in [5, 5.41) is 11.0. The van der Waals surface area contributed by atoms with E-state index >= 15 is 0 Å². The van der Waals surface area contributed by atoms with Gasteiger partial charge in [0.2, 0.25) is 0 Å². The lowest BCUT2D eigenvalue weighted by Crippen LogP contribution is -2.50. The monoisotopic (exact) mass is 258 g/mol. The molecule has 2 fully saturated rings. The van der Waals surface area contributed by atoms with E-state index in [4.69, 9.17) is 14.6 Å². The Balaban J connectivity index is 1.78. The van der Waals surface area contributed by atoms with Crippen molar-refractivity contribution in [3.8, 4) is 0 Å². The number of amides is 2. The van der Waals surface area contributed by atoms with Gasteiger partial charge in [0.25, 0.3) is 5.91 Å². The lowest BCUT2D eigenvalue weighted by Gasteiger charge is -2.33. The summed E-state index contributed by atoms with van der Waals surface area (Å²) in [5.41, 5.74) is 0. The summed E-state index contributed by atoms with van der Waals surface area (Å²) in [6.45, 7) is 2.61. The van der Waals surface area contributed by atoms with Gasteiger partial charge >= 0.3 is 6.09 Å². The molecule has 0 radical (unpaired) electrons. The molecule has 0 bridgehead atoms. The highest BCUT2D eigenvalue weighted by atomic mass is 16.5. The van der Waals surface area contributed by atoms with E-state index in [1.54, 1.807) is 4.90 Å². The first-order valence-electron chi connectivity index (χ1n) is 6.14. The van der Waals surface area contributed by atoms with E-state index in [2.05, 4.69) is 5.32 Å². The van der Waals surface area contributed by atoms with Crippen LogP contribution in [0, 0.1) is 0 Å². The van der Waals surface area contributed by atoms with Crippen molar-refractivity contribution in [3.05, 3.63) is 0 Å². The molecule has 18 heavy (non-hydrogen) atoms. The highest BCUT2D eigenvalue weighted by Crippen LogP contribution is 2.16. The molecule has 102 valence electrons.